The van der Waals surface area contributed by atoms with Gasteiger partial charge in [-0.05, 0) is 31.0 Å². The van der Waals surface area contributed by atoms with Crippen LogP contribution in [0.3, 0.4) is 0 Å². The summed E-state index contributed by atoms with van der Waals surface area (Å²) in [6.45, 7) is 3.96. The summed E-state index contributed by atoms with van der Waals surface area (Å²) in [6, 6.07) is 5.68. The quantitative estimate of drug-likeness (QED) is 0.841. The molecule has 2 rings (SSSR count). The van der Waals surface area contributed by atoms with Crippen molar-refractivity contribution in [2.45, 2.75) is 26.4 Å². The minimum Gasteiger partial charge on any atom is -0.398 e. The highest BCUT2D eigenvalue weighted by Crippen LogP contribution is 2.24. The number of anilines is 1. The van der Waals surface area contributed by atoms with Crippen molar-refractivity contribution in [2.75, 3.05) is 12.8 Å². The highest BCUT2D eigenvalue weighted by molar-refractivity contribution is 5.62. The van der Waals surface area contributed by atoms with E-state index in [-0.39, 0.29) is 6.10 Å². The van der Waals surface area contributed by atoms with Gasteiger partial charge in [0.15, 0.2) is 0 Å². The maximum absolute atomic E-state index is 5.86. The van der Waals surface area contributed by atoms with Crippen LogP contribution in [-0.4, -0.2) is 17.3 Å². The van der Waals surface area contributed by atoms with Crippen LogP contribution in [0.5, 0.6) is 0 Å². The molecule has 0 amide bonds. The molecule has 2 N–H and O–H groups in total. The van der Waals surface area contributed by atoms with E-state index >= 15 is 0 Å². The van der Waals surface area contributed by atoms with Crippen LogP contribution in [-0.2, 0) is 4.74 Å². The predicted molar refractivity (Wildman–Crippen MR) is 68.9 cm³/mol. The Kier molecular flexibility index (Phi) is 3.62. The lowest BCUT2D eigenvalue weighted by Gasteiger charge is -2.06. The van der Waals surface area contributed by atoms with E-state index in [2.05, 4.69) is 10.1 Å². The Hall–Kier alpha value is -1.88. The average Bonchev–Trinajstić information content (AvgIpc) is 2.84. The van der Waals surface area contributed by atoms with E-state index in [0.29, 0.717) is 17.4 Å². The first-order chi connectivity index (χ1) is 8.65. The molecule has 0 spiro atoms. The summed E-state index contributed by atoms with van der Waals surface area (Å²) in [5, 5.41) is 3.93. The molecule has 5 heteroatoms. The molecule has 18 heavy (non-hydrogen) atoms. The van der Waals surface area contributed by atoms with Gasteiger partial charge in [-0.2, -0.15) is 4.98 Å². The van der Waals surface area contributed by atoms with Crippen LogP contribution in [0.2, 0.25) is 0 Å². The van der Waals surface area contributed by atoms with Crippen LogP contribution in [0.25, 0.3) is 11.5 Å². The molecule has 96 valence electrons. The zero-order chi connectivity index (χ0) is 13.1. The summed E-state index contributed by atoms with van der Waals surface area (Å²) < 4.78 is 10.5. The van der Waals surface area contributed by atoms with Gasteiger partial charge in [0.1, 0.15) is 6.10 Å². The average molecular weight is 247 g/mol. The predicted octanol–water partition coefficient (Wildman–Crippen LogP) is 2.72. The standard InChI is InChI=1S/C13H17N3O2/c1-4-11(17-3)12-15-13(18-16-12)9-6-5-8(2)10(14)7-9/h5-7,11H,4,14H2,1-3H3. The van der Waals surface area contributed by atoms with Gasteiger partial charge in [0.05, 0.1) is 0 Å². The summed E-state index contributed by atoms with van der Waals surface area (Å²) in [5.41, 5.74) is 8.43. The first kappa shape index (κ1) is 12.6. The topological polar surface area (TPSA) is 74.2 Å². The van der Waals surface area contributed by atoms with Crippen molar-refractivity contribution in [3.05, 3.63) is 29.6 Å². The minimum atomic E-state index is -0.134. The molecule has 5 nitrogen and oxygen atoms in total. The Morgan fingerprint density at radius 2 is 2.22 bits per heavy atom. The van der Waals surface area contributed by atoms with Crippen molar-refractivity contribution in [1.82, 2.24) is 10.1 Å². The Morgan fingerprint density at radius 3 is 2.83 bits per heavy atom. The van der Waals surface area contributed by atoms with Gasteiger partial charge in [-0.1, -0.05) is 18.1 Å². The van der Waals surface area contributed by atoms with Gasteiger partial charge < -0.3 is 15.0 Å². The number of hydrogen-bond donors (Lipinski definition) is 1. The van der Waals surface area contributed by atoms with Crippen molar-refractivity contribution in [3.63, 3.8) is 0 Å². The SMILES string of the molecule is CCC(OC)c1noc(-c2ccc(C)c(N)c2)n1. The maximum atomic E-state index is 5.86. The fourth-order valence-electron chi connectivity index (χ4n) is 1.71. The summed E-state index contributed by atoms with van der Waals surface area (Å²) in [5.74, 6) is 1.03. The number of nitrogens with zero attached hydrogens (tertiary/aromatic N) is 2. The van der Waals surface area contributed by atoms with Crippen LogP contribution in [0.4, 0.5) is 5.69 Å². The molecule has 1 atom stereocenters. The summed E-state index contributed by atoms with van der Waals surface area (Å²) in [6.07, 6.45) is 0.663. The van der Waals surface area contributed by atoms with Crippen molar-refractivity contribution in [2.24, 2.45) is 0 Å². The number of hydrogen-bond acceptors (Lipinski definition) is 5. The van der Waals surface area contributed by atoms with Crippen LogP contribution in [0, 0.1) is 6.92 Å². The lowest BCUT2D eigenvalue weighted by Crippen LogP contribution is -2.01. The molecule has 0 aliphatic heterocycles. The fourth-order valence-corrected chi connectivity index (χ4v) is 1.71. The number of aryl methyl sites for hydroxylation is 1. The van der Waals surface area contributed by atoms with Crippen LogP contribution in [0.15, 0.2) is 22.7 Å². The van der Waals surface area contributed by atoms with Gasteiger partial charge in [0, 0.05) is 18.4 Å². The first-order valence-electron chi connectivity index (χ1n) is 5.88. The molecule has 0 saturated carbocycles. The first-order valence-corrected chi connectivity index (χ1v) is 5.88. The Bertz CT molecular complexity index is 533. The molecule has 1 aromatic carbocycles. The Morgan fingerprint density at radius 1 is 1.44 bits per heavy atom. The van der Waals surface area contributed by atoms with Gasteiger partial charge in [-0.3, -0.25) is 0 Å². The Balaban J connectivity index is 2.31. The van der Waals surface area contributed by atoms with Crippen molar-refractivity contribution in [1.29, 1.82) is 0 Å². The van der Waals surface area contributed by atoms with Crippen molar-refractivity contribution >= 4 is 5.69 Å². The molecule has 2 aromatic rings. The lowest BCUT2D eigenvalue weighted by atomic mass is 10.1. The van der Waals surface area contributed by atoms with Gasteiger partial charge in [-0.15, -0.1) is 0 Å². The Labute approximate surface area is 106 Å². The van der Waals surface area contributed by atoms with E-state index in [0.717, 1.165) is 17.5 Å². The van der Waals surface area contributed by atoms with E-state index in [1.807, 2.05) is 32.0 Å². The minimum absolute atomic E-state index is 0.134. The monoisotopic (exact) mass is 247 g/mol. The number of ether oxygens (including phenoxy) is 1. The van der Waals surface area contributed by atoms with Crippen molar-refractivity contribution < 1.29 is 9.26 Å². The lowest BCUT2D eigenvalue weighted by molar-refractivity contribution is 0.0903. The number of benzene rings is 1. The van der Waals surface area contributed by atoms with Gasteiger partial charge >= 0.3 is 0 Å². The molecule has 1 heterocycles. The van der Waals surface area contributed by atoms with Gasteiger partial charge in [0.2, 0.25) is 5.82 Å². The molecule has 0 aliphatic carbocycles. The molecule has 0 aliphatic rings. The van der Waals surface area contributed by atoms with E-state index in [4.69, 9.17) is 15.0 Å². The molecule has 1 aromatic heterocycles. The molecular formula is C13H17N3O2. The third kappa shape index (κ3) is 2.36. The maximum Gasteiger partial charge on any atom is 0.258 e. The smallest absolute Gasteiger partial charge is 0.258 e. The highest BCUT2D eigenvalue weighted by atomic mass is 16.5. The van der Waals surface area contributed by atoms with Crippen LogP contribution < -0.4 is 5.73 Å². The summed E-state index contributed by atoms with van der Waals surface area (Å²) >= 11 is 0. The third-order valence-corrected chi connectivity index (χ3v) is 2.91. The third-order valence-electron chi connectivity index (χ3n) is 2.91. The molecule has 1 unspecified atom stereocenters. The van der Waals surface area contributed by atoms with Gasteiger partial charge in [-0.25, -0.2) is 0 Å². The van der Waals surface area contributed by atoms with E-state index in [9.17, 15) is 0 Å². The van der Waals surface area contributed by atoms with E-state index < -0.39 is 0 Å². The second kappa shape index (κ2) is 5.18. The number of nitrogens with two attached hydrogens (primary N) is 1. The van der Waals surface area contributed by atoms with E-state index in [1.54, 1.807) is 7.11 Å². The molecule has 0 saturated heterocycles. The summed E-state index contributed by atoms with van der Waals surface area (Å²) in [7, 11) is 1.63. The van der Waals surface area contributed by atoms with Crippen LogP contribution in [0.1, 0.15) is 30.8 Å². The zero-order valence-corrected chi connectivity index (χ0v) is 10.8. The second-order valence-electron chi connectivity index (χ2n) is 4.16. The largest absolute Gasteiger partial charge is 0.398 e. The number of nitrogen functional groups attached to an aromatic ring is 1. The van der Waals surface area contributed by atoms with Gasteiger partial charge in [0.25, 0.3) is 5.89 Å². The molecular weight excluding hydrogens is 230 g/mol. The molecule has 0 bridgehead atoms. The number of methoxy groups -OCH3 is 1. The zero-order valence-electron chi connectivity index (χ0n) is 10.8. The highest BCUT2D eigenvalue weighted by Gasteiger charge is 2.16. The van der Waals surface area contributed by atoms with E-state index in [1.165, 1.54) is 0 Å². The number of aromatic nitrogens is 2. The molecule has 0 radical (unpaired) electrons. The molecule has 0 fully saturated rings. The van der Waals surface area contributed by atoms with Crippen LogP contribution >= 0.6 is 0 Å². The second-order valence-corrected chi connectivity index (χ2v) is 4.16. The number of rotatable bonds is 4. The van der Waals surface area contributed by atoms with Crippen molar-refractivity contribution in [3.8, 4) is 11.5 Å². The normalized spacial score (nSPS) is 12.6. The fraction of sp³-hybridized carbons (Fsp3) is 0.385. The summed E-state index contributed by atoms with van der Waals surface area (Å²) in [4.78, 5) is 4.33.